The first-order valence-electron chi connectivity index (χ1n) is 18.0. The third-order valence-electron chi connectivity index (χ3n) is 8.92. The van der Waals surface area contributed by atoms with Crippen LogP contribution in [0.25, 0.3) is 16.7 Å². The van der Waals surface area contributed by atoms with Gasteiger partial charge in [0.2, 0.25) is 0 Å². The van der Waals surface area contributed by atoms with Crippen molar-refractivity contribution in [1.82, 2.24) is 14.9 Å². The van der Waals surface area contributed by atoms with Crippen molar-refractivity contribution < 1.29 is 27.4 Å². The standard InChI is InChI=1S/C41H49F3N6O3/c1-7-30-9-8-16-50(17-14-30)25-32-12-11-31(20-36(32)52-26-41(42,43)44)34-24-47-39-35(23-45-6)37(19-27(2)3)51-18-15-29(5)53-33-13-10-28(4)22-46-38(21-33)48-40(34)49-39/h7,10-13,20-24,29H,2,8-9,14-19,25-26H2,1,3-6H3,(H,46,47,48,49)/b30-7-,37-35-,45-23?/t29-/m0/s1. The Kier molecular flexibility index (Phi) is 13.5. The van der Waals surface area contributed by atoms with E-state index in [0.717, 1.165) is 43.5 Å². The van der Waals surface area contributed by atoms with Gasteiger partial charge in [-0.2, -0.15) is 13.2 Å². The van der Waals surface area contributed by atoms with Gasteiger partial charge in [0.1, 0.15) is 28.9 Å². The van der Waals surface area contributed by atoms with Crippen LogP contribution in [0, 0.1) is 0 Å². The minimum atomic E-state index is -4.51. The fraction of sp³-hybridized carbons (Fsp3) is 0.415. The third kappa shape index (κ3) is 11.5. The van der Waals surface area contributed by atoms with E-state index in [0.29, 0.717) is 77.2 Å². The van der Waals surface area contributed by atoms with Crippen LogP contribution in [-0.2, 0) is 16.0 Å². The molecule has 1 saturated heterocycles. The number of aliphatic imine (C=N–C) groups is 2. The predicted molar refractivity (Wildman–Crippen MR) is 206 cm³/mol. The fourth-order valence-corrected chi connectivity index (χ4v) is 6.15. The number of aromatic nitrogens is 2. The molecule has 5 rings (SSSR count). The first-order valence-corrected chi connectivity index (χ1v) is 18.0. The van der Waals surface area contributed by atoms with Crippen molar-refractivity contribution in [2.45, 2.75) is 78.6 Å². The van der Waals surface area contributed by atoms with Crippen LogP contribution >= 0.6 is 0 Å². The molecule has 0 aliphatic carbocycles. The Bertz CT molecular complexity index is 1870. The molecule has 0 unspecified atom stereocenters. The predicted octanol–water partition coefficient (Wildman–Crippen LogP) is 9.39. The Morgan fingerprint density at radius 1 is 1.21 bits per heavy atom. The van der Waals surface area contributed by atoms with Crippen LogP contribution in [0.1, 0.15) is 71.2 Å². The smallest absolute Gasteiger partial charge is 0.422 e. The van der Waals surface area contributed by atoms with E-state index in [2.05, 4.69) is 34.8 Å². The van der Waals surface area contributed by atoms with Gasteiger partial charge < -0.3 is 19.5 Å². The molecule has 1 fully saturated rings. The summed E-state index contributed by atoms with van der Waals surface area (Å²) in [4.78, 5) is 21.0. The second-order valence-corrected chi connectivity index (χ2v) is 13.6. The van der Waals surface area contributed by atoms with E-state index in [9.17, 15) is 13.2 Å². The molecule has 12 heteroatoms. The van der Waals surface area contributed by atoms with Gasteiger partial charge in [0.25, 0.3) is 0 Å². The molecule has 9 nitrogen and oxygen atoms in total. The molecule has 1 N–H and O–H groups in total. The lowest BCUT2D eigenvalue weighted by Gasteiger charge is -2.23. The highest BCUT2D eigenvalue weighted by Crippen LogP contribution is 2.35. The number of anilines is 1. The van der Waals surface area contributed by atoms with Crippen LogP contribution in [-0.4, -0.2) is 72.9 Å². The molecule has 1 atom stereocenters. The normalized spacial score (nSPS) is 24.7. The molecular formula is C41H49F3N6O3. The number of nitrogens with one attached hydrogen (secondary N) is 1. The van der Waals surface area contributed by atoms with Crippen molar-refractivity contribution in [3.63, 3.8) is 0 Å². The number of halogens is 3. The largest absolute Gasteiger partial charge is 0.497 e. The van der Waals surface area contributed by atoms with Crippen LogP contribution in [0.3, 0.4) is 0 Å². The van der Waals surface area contributed by atoms with Gasteiger partial charge in [-0.1, -0.05) is 42.0 Å². The molecule has 3 aliphatic rings. The number of benzene rings is 1. The van der Waals surface area contributed by atoms with Crippen LogP contribution in [0.5, 0.6) is 5.75 Å². The number of hydrogen-bond donors (Lipinski definition) is 1. The third-order valence-corrected chi connectivity index (χ3v) is 8.92. The van der Waals surface area contributed by atoms with E-state index >= 15 is 0 Å². The van der Waals surface area contributed by atoms with Crippen LogP contribution in [0.4, 0.5) is 19.0 Å². The van der Waals surface area contributed by atoms with Crippen LogP contribution in [0.2, 0.25) is 0 Å². The molecule has 0 saturated carbocycles. The van der Waals surface area contributed by atoms with Gasteiger partial charge in [-0.25, -0.2) is 15.0 Å². The zero-order chi connectivity index (χ0) is 38.0. The number of allylic oxidation sites excluding steroid dienone is 7. The number of alkyl halides is 3. The lowest BCUT2D eigenvalue weighted by atomic mass is 10.0. The number of fused-ring (bicyclic) bond motifs is 3. The number of hydrogen-bond acceptors (Lipinski definition) is 9. The van der Waals surface area contributed by atoms with Gasteiger partial charge in [0.15, 0.2) is 12.4 Å². The minimum absolute atomic E-state index is 0.153. The second kappa shape index (κ2) is 18.2. The van der Waals surface area contributed by atoms with Gasteiger partial charge >= 0.3 is 6.18 Å². The van der Waals surface area contributed by atoms with E-state index in [1.807, 2.05) is 45.1 Å². The lowest BCUT2D eigenvalue weighted by molar-refractivity contribution is -0.153. The molecule has 53 heavy (non-hydrogen) atoms. The number of rotatable bonds is 8. The maximum atomic E-state index is 13.5. The molecule has 0 radical (unpaired) electrons. The molecule has 4 bridgehead atoms. The summed E-state index contributed by atoms with van der Waals surface area (Å²) in [6, 6.07) is 5.33. The first-order chi connectivity index (χ1) is 25.4. The van der Waals surface area contributed by atoms with Crippen molar-refractivity contribution in [2.24, 2.45) is 9.98 Å². The summed E-state index contributed by atoms with van der Waals surface area (Å²) in [5.74, 6) is 2.50. The summed E-state index contributed by atoms with van der Waals surface area (Å²) in [5.41, 5.74) is 5.52. The molecule has 4 heterocycles. The SMILES string of the molecule is C=C(C)C/C1=C(\C=NC)c2ncc(-c3ccc(CN4CCC/C(=C/C)CC4)c(OCC(F)(F)F)c3)c(n2)NC2=C/C(=C\C=C(C)\C=N\2)O[C@@H](C)CCO1. The van der Waals surface area contributed by atoms with Crippen LogP contribution in [0.15, 0.2) is 99.3 Å². The lowest BCUT2D eigenvalue weighted by Crippen LogP contribution is -2.25. The highest BCUT2D eigenvalue weighted by Gasteiger charge is 2.29. The van der Waals surface area contributed by atoms with E-state index in [1.165, 1.54) is 5.57 Å². The monoisotopic (exact) mass is 730 g/mol. The maximum absolute atomic E-state index is 13.5. The molecule has 3 aliphatic heterocycles. The van der Waals surface area contributed by atoms with Gasteiger partial charge in [-0.3, -0.25) is 9.89 Å². The number of likely N-dealkylation sites (tertiary alicyclic amines) is 1. The summed E-state index contributed by atoms with van der Waals surface area (Å²) in [5, 5.41) is 3.37. The number of ether oxygens (including phenoxy) is 3. The molecule has 0 amide bonds. The topological polar surface area (TPSA) is 93.5 Å². The Balaban J connectivity index is 1.64. The minimum Gasteiger partial charge on any atom is -0.497 e. The van der Waals surface area contributed by atoms with E-state index < -0.39 is 12.8 Å². The number of nitrogens with zero attached hydrogens (tertiary/aromatic N) is 5. The Morgan fingerprint density at radius 2 is 2.04 bits per heavy atom. The van der Waals surface area contributed by atoms with Crippen molar-refractivity contribution in [3.05, 3.63) is 101 Å². The summed E-state index contributed by atoms with van der Waals surface area (Å²) in [6.45, 7) is 13.1. The van der Waals surface area contributed by atoms with Crippen molar-refractivity contribution in [2.75, 3.05) is 38.7 Å². The summed E-state index contributed by atoms with van der Waals surface area (Å²) < 4.78 is 58.8. The zero-order valence-corrected chi connectivity index (χ0v) is 31.2. The van der Waals surface area contributed by atoms with Gasteiger partial charge in [0, 0.05) is 68.8 Å². The zero-order valence-electron chi connectivity index (χ0n) is 31.2. The quantitative estimate of drug-likeness (QED) is 0.214. The highest BCUT2D eigenvalue weighted by atomic mass is 19.4. The van der Waals surface area contributed by atoms with Gasteiger partial charge in [0.05, 0.1) is 18.3 Å². The fourth-order valence-electron chi connectivity index (χ4n) is 6.15. The summed E-state index contributed by atoms with van der Waals surface area (Å²) in [7, 11) is 1.66. The van der Waals surface area contributed by atoms with E-state index in [-0.39, 0.29) is 11.9 Å². The van der Waals surface area contributed by atoms with Crippen molar-refractivity contribution >= 4 is 23.8 Å². The van der Waals surface area contributed by atoms with E-state index in [1.54, 1.807) is 37.8 Å². The molecule has 282 valence electrons. The Morgan fingerprint density at radius 3 is 2.79 bits per heavy atom. The first kappa shape index (κ1) is 39.2. The maximum Gasteiger partial charge on any atom is 0.422 e. The molecular weight excluding hydrogens is 681 g/mol. The molecule has 1 aromatic heterocycles. The van der Waals surface area contributed by atoms with E-state index in [4.69, 9.17) is 29.2 Å². The van der Waals surface area contributed by atoms with Crippen molar-refractivity contribution in [1.29, 1.82) is 0 Å². The highest BCUT2D eigenvalue weighted by molar-refractivity contribution is 6.09. The Labute approximate surface area is 310 Å². The summed E-state index contributed by atoms with van der Waals surface area (Å²) >= 11 is 0. The average Bonchev–Trinajstić information content (AvgIpc) is 3.34. The van der Waals surface area contributed by atoms with Crippen molar-refractivity contribution in [3.8, 4) is 16.9 Å². The average molecular weight is 731 g/mol. The molecule has 2 aromatic rings. The second-order valence-electron chi connectivity index (χ2n) is 13.6. The Hall–Kier alpha value is -4.97. The van der Waals surface area contributed by atoms with Gasteiger partial charge in [-0.05, 0) is 76.8 Å². The van der Waals surface area contributed by atoms with Crippen LogP contribution < -0.4 is 10.1 Å². The van der Waals surface area contributed by atoms with Gasteiger partial charge in [-0.15, -0.1) is 0 Å². The molecule has 0 spiro atoms. The molecule has 1 aromatic carbocycles. The summed E-state index contributed by atoms with van der Waals surface area (Å²) in [6.07, 6.45) is 12.1.